The summed E-state index contributed by atoms with van der Waals surface area (Å²) in [6.07, 6.45) is 0.577. The van der Waals surface area contributed by atoms with Gasteiger partial charge in [0.2, 0.25) is 0 Å². The first-order chi connectivity index (χ1) is 8.16. The summed E-state index contributed by atoms with van der Waals surface area (Å²) in [5.74, 6) is 0.626. The number of aromatic nitrogens is 2. The zero-order chi connectivity index (χ0) is 13.7. The Kier molecular flexibility index (Phi) is 3.26. The van der Waals surface area contributed by atoms with Crippen LogP contribution >= 0.6 is 11.6 Å². The second kappa shape index (κ2) is 4.23. The summed E-state index contributed by atoms with van der Waals surface area (Å²) in [5, 5.41) is 5.06. The molecule has 0 aromatic carbocycles. The molecule has 0 N–H and O–H groups in total. The van der Waals surface area contributed by atoms with Crippen LogP contribution in [0.15, 0.2) is 0 Å². The third kappa shape index (κ3) is 2.18. The van der Waals surface area contributed by atoms with E-state index >= 15 is 0 Å². The summed E-state index contributed by atoms with van der Waals surface area (Å²) >= 11 is 6.39. The van der Waals surface area contributed by atoms with E-state index in [1.54, 1.807) is 4.68 Å². The van der Waals surface area contributed by atoms with E-state index in [1.165, 1.54) is 0 Å². The van der Waals surface area contributed by atoms with Crippen molar-refractivity contribution in [2.24, 2.45) is 0 Å². The molecular formula is C12H19ClN2O2S. The average molecular weight is 291 g/mol. The normalized spacial score (nSPS) is 27.0. The van der Waals surface area contributed by atoms with E-state index in [1.807, 2.05) is 13.8 Å². The number of nitrogens with zero attached hydrogens (tertiary/aromatic N) is 2. The predicted molar refractivity (Wildman–Crippen MR) is 73.0 cm³/mol. The van der Waals surface area contributed by atoms with Gasteiger partial charge in [0.05, 0.1) is 22.7 Å². The minimum atomic E-state index is -2.96. The number of halogens is 1. The standard InChI is InChI=1S/C12H19ClN2O2S/c1-8(2)10-9(3)14-15(11(10)13)12(4)5-6-18(16,17)7-12/h8H,5-7H2,1-4H3. The summed E-state index contributed by atoms with van der Waals surface area (Å²) < 4.78 is 25.1. The summed E-state index contributed by atoms with van der Waals surface area (Å²) in [4.78, 5) is 0. The lowest BCUT2D eigenvalue weighted by atomic mass is 10.0. The molecule has 1 aromatic heterocycles. The van der Waals surface area contributed by atoms with Gasteiger partial charge in [-0.3, -0.25) is 0 Å². The Morgan fingerprint density at radius 2 is 2.06 bits per heavy atom. The van der Waals surface area contributed by atoms with Crippen molar-refractivity contribution < 1.29 is 8.42 Å². The van der Waals surface area contributed by atoms with Gasteiger partial charge in [-0.05, 0) is 26.2 Å². The van der Waals surface area contributed by atoms with E-state index in [9.17, 15) is 8.42 Å². The maximum atomic E-state index is 11.7. The highest BCUT2D eigenvalue weighted by atomic mass is 35.5. The average Bonchev–Trinajstić information content (AvgIpc) is 2.65. The van der Waals surface area contributed by atoms with E-state index in [0.717, 1.165) is 11.3 Å². The Balaban J connectivity index is 2.50. The molecule has 2 rings (SSSR count). The number of aryl methyl sites for hydroxylation is 1. The van der Waals surface area contributed by atoms with Gasteiger partial charge >= 0.3 is 0 Å². The van der Waals surface area contributed by atoms with E-state index < -0.39 is 15.4 Å². The van der Waals surface area contributed by atoms with Crippen molar-refractivity contribution in [2.45, 2.75) is 45.6 Å². The van der Waals surface area contributed by atoms with Gasteiger partial charge < -0.3 is 0 Å². The first kappa shape index (κ1) is 13.9. The van der Waals surface area contributed by atoms with Crippen molar-refractivity contribution in [1.82, 2.24) is 9.78 Å². The van der Waals surface area contributed by atoms with Gasteiger partial charge in [0.15, 0.2) is 9.84 Å². The third-order valence-electron chi connectivity index (χ3n) is 3.62. The molecule has 0 radical (unpaired) electrons. The van der Waals surface area contributed by atoms with E-state index in [4.69, 9.17) is 11.6 Å². The van der Waals surface area contributed by atoms with Crippen molar-refractivity contribution in [3.05, 3.63) is 16.4 Å². The fourth-order valence-corrected chi connectivity index (χ4v) is 5.39. The Hall–Kier alpha value is -0.550. The minimum absolute atomic E-state index is 0.123. The quantitative estimate of drug-likeness (QED) is 0.841. The van der Waals surface area contributed by atoms with Crippen LogP contribution < -0.4 is 0 Å². The maximum absolute atomic E-state index is 11.7. The predicted octanol–water partition coefficient (Wildman–Crippen LogP) is 2.50. The number of sulfone groups is 1. The van der Waals surface area contributed by atoms with Crippen molar-refractivity contribution in [3.8, 4) is 0 Å². The van der Waals surface area contributed by atoms with Crippen molar-refractivity contribution in [1.29, 1.82) is 0 Å². The Bertz CT molecular complexity index is 577. The molecule has 1 atom stereocenters. The molecule has 0 spiro atoms. The van der Waals surface area contributed by atoms with E-state index in [0.29, 0.717) is 11.6 Å². The van der Waals surface area contributed by atoms with Gasteiger partial charge in [-0.15, -0.1) is 0 Å². The van der Waals surface area contributed by atoms with Gasteiger partial charge in [-0.2, -0.15) is 5.10 Å². The van der Waals surface area contributed by atoms with Crippen LogP contribution in [-0.4, -0.2) is 29.7 Å². The third-order valence-corrected chi connectivity index (χ3v) is 5.87. The molecular weight excluding hydrogens is 272 g/mol. The first-order valence-corrected chi connectivity index (χ1v) is 8.32. The second-order valence-corrected chi connectivity index (χ2v) is 8.24. The lowest BCUT2D eigenvalue weighted by Gasteiger charge is -2.24. The number of hydrogen-bond acceptors (Lipinski definition) is 3. The number of hydrogen-bond donors (Lipinski definition) is 0. The Morgan fingerprint density at radius 1 is 1.44 bits per heavy atom. The van der Waals surface area contributed by atoms with Crippen LogP contribution in [0.1, 0.15) is 44.4 Å². The van der Waals surface area contributed by atoms with Crippen LogP contribution in [0.2, 0.25) is 5.15 Å². The zero-order valence-corrected chi connectivity index (χ0v) is 12.8. The molecule has 2 heterocycles. The van der Waals surface area contributed by atoms with Crippen molar-refractivity contribution >= 4 is 21.4 Å². The lowest BCUT2D eigenvalue weighted by molar-refractivity contribution is 0.327. The molecule has 0 amide bonds. The zero-order valence-electron chi connectivity index (χ0n) is 11.2. The number of rotatable bonds is 2. The molecule has 4 nitrogen and oxygen atoms in total. The topological polar surface area (TPSA) is 52.0 Å². The molecule has 102 valence electrons. The summed E-state index contributed by atoms with van der Waals surface area (Å²) in [6.45, 7) is 7.96. The molecule has 6 heteroatoms. The molecule has 0 saturated carbocycles. The highest BCUT2D eigenvalue weighted by molar-refractivity contribution is 7.91. The Morgan fingerprint density at radius 3 is 2.44 bits per heavy atom. The van der Waals surface area contributed by atoms with Crippen LogP contribution in [0, 0.1) is 6.92 Å². The summed E-state index contributed by atoms with van der Waals surface area (Å²) in [5.41, 5.74) is 1.40. The first-order valence-electron chi connectivity index (χ1n) is 6.12. The molecule has 1 aliphatic heterocycles. The molecule has 1 aromatic rings. The lowest BCUT2D eigenvalue weighted by Crippen LogP contribution is -2.32. The largest absolute Gasteiger partial charge is 0.247 e. The highest BCUT2D eigenvalue weighted by Gasteiger charge is 2.42. The van der Waals surface area contributed by atoms with Crippen LogP contribution in [0.25, 0.3) is 0 Å². The molecule has 1 saturated heterocycles. The smallest absolute Gasteiger partial charge is 0.152 e. The van der Waals surface area contributed by atoms with Gasteiger partial charge in [0.1, 0.15) is 5.15 Å². The maximum Gasteiger partial charge on any atom is 0.152 e. The second-order valence-electron chi connectivity index (χ2n) is 5.70. The van der Waals surface area contributed by atoms with Crippen molar-refractivity contribution in [3.63, 3.8) is 0 Å². The SMILES string of the molecule is Cc1nn(C2(C)CCS(=O)(=O)C2)c(Cl)c1C(C)C. The molecule has 1 aliphatic rings. The molecule has 0 aliphatic carbocycles. The van der Waals surface area contributed by atoms with Gasteiger partial charge in [0.25, 0.3) is 0 Å². The highest BCUT2D eigenvalue weighted by Crippen LogP contribution is 2.36. The summed E-state index contributed by atoms with van der Waals surface area (Å²) in [7, 11) is -2.96. The van der Waals surface area contributed by atoms with Gasteiger partial charge in [-0.25, -0.2) is 13.1 Å². The van der Waals surface area contributed by atoms with Crippen LogP contribution in [0.5, 0.6) is 0 Å². The Labute approximate surface area is 113 Å². The van der Waals surface area contributed by atoms with Crippen LogP contribution in [0.4, 0.5) is 0 Å². The van der Waals surface area contributed by atoms with Crippen LogP contribution in [0.3, 0.4) is 0 Å². The van der Waals surface area contributed by atoms with E-state index in [2.05, 4.69) is 18.9 Å². The van der Waals surface area contributed by atoms with Crippen LogP contribution in [-0.2, 0) is 15.4 Å². The summed E-state index contributed by atoms with van der Waals surface area (Å²) in [6, 6.07) is 0. The fourth-order valence-electron chi connectivity index (χ4n) is 2.69. The fraction of sp³-hybridized carbons (Fsp3) is 0.750. The minimum Gasteiger partial charge on any atom is -0.247 e. The van der Waals surface area contributed by atoms with Gasteiger partial charge in [0, 0.05) is 5.56 Å². The van der Waals surface area contributed by atoms with E-state index in [-0.39, 0.29) is 17.4 Å². The molecule has 0 bridgehead atoms. The molecule has 1 unspecified atom stereocenters. The molecule has 18 heavy (non-hydrogen) atoms. The van der Waals surface area contributed by atoms with Gasteiger partial charge in [-0.1, -0.05) is 25.4 Å². The monoisotopic (exact) mass is 290 g/mol. The molecule has 1 fully saturated rings. The van der Waals surface area contributed by atoms with Crippen molar-refractivity contribution in [2.75, 3.05) is 11.5 Å².